The molecule has 0 aromatic carbocycles. The highest BCUT2D eigenvalue weighted by molar-refractivity contribution is 7.10. The van der Waals surface area contributed by atoms with Crippen LogP contribution in [0.25, 0.3) is 0 Å². The van der Waals surface area contributed by atoms with Crippen molar-refractivity contribution in [1.29, 1.82) is 0 Å². The predicted octanol–water partition coefficient (Wildman–Crippen LogP) is 2.36. The monoisotopic (exact) mass is 225 g/mol. The van der Waals surface area contributed by atoms with E-state index in [1.807, 2.05) is 17.5 Å². The Hall–Kier alpha value is -0.870. The number of rotatable bonds is 3. The molecule has 3 nitrogen and oxygen atoms in total. The standard InChI is InChI=1S/C11H15NO2S/c1-8-4-2-6-12(8)10(11(13)14)9-5-3-7-15-9/h3,5,7-8,10H,2,4,6H2,1H3,(H,13,14)/t8-,10-/m0/s1. The van der Waals surface area contributed by atoms with Crippen LogP contribution in [0.15, 0.2) is 17.5 Å². The van der Waals surface area contributed by atoms with E-state index < -0.39 is 12.0 Å². The molecule has 15 heavy (non-hydrogen) atoms. The minimum atomic E-state index is -0.730. The molecule has 1 aromatic rings. The summed E-state index contributed by atoms with van der Waals surface area (Å²) < 4.78 is 0. The van der Waals surface area contributed by atoms with E-state index in [9.17, 15) is 9.90 Å². The van der Waals surface area contributed by atoms with Crippen LogP contribution in [0.3, 0.4) is 0 Å². The van der Waals surface area contributed by atoms with Gasteiger partial charge < -0.3 is 5.11 Å². The summed E-state index contributed by atoms with van der Waals surface area (Å²) in [6.45, 7) is 3.01. The molecular formula is C11H15NO2S. The number of carboxylic acid groups (broad SMARTS) is 1. The number of hydrogen-bond acceptors (Lipinski definition) is 3. The first-order valence-corrected chi connectivity index (χ1v) is 6.10. The van der Waals surface area contributed by atoms with Gasteiger partial charge in [-0.25, -0.2) is 0 Å². The van der Waals surface area contributed by atoms with Crippen LogP contribution in [0.1, 0.15) is 30.7 Å². The Bertz CT molecular complexity index is 336. The van der Waals surface area contributed by atoms with Crippen molar-refractivity contribution in [1.82, 2.24) is 4.90 Å². The van der Waals surface area contributed by atoms with E-state index in [1.54, 1.807) is 0 Å². The molecule has 0 unspecified atom stereocenters. The molecule has 2 atom stereocenters. The van der Waals surface area contributed by atoms with Gasteiger partial charge in [-0.3, -0.25) is 9.69 Å². The minimum absolute atomic E-state index is 0.383. The van der Waals surface area contributed by atoms with E-state index in [0.717, 1.165) is 24.3 Å². The molecule has 0 spiro atoms. The quantitative estimate of drug-likeness (QED) is 0.858. The number of likely N-dealkylation sites (tertiary alicyclic amines) is 1. The molecule has 1 aliphatic heterocycles. The molecule has 1 fully saturated rings. The normalized spacial score (nSPS) is 24.2. The zero-order valence-electron chi connectivity index (χ0n) is 8.72. The second-order valence-electron chi connectivity index (χ2n) is 3.99. The lowest BCUT2D eigenvalue weighted by atomic mass is 10.2. The summed E-state index contributed by atoms with van der Waals surface area (Å²) in [5.41, 5.74) is 0. The first-order valence-electron chi connectivity index (χ1n) is 5.22. The first-order chi connectivity index (χ1) is 7.20. The maximum Gasteiger partial charge on any atom is 0.326 e. The van der Waals surface area contributed by atoms with Crippen LogP contribution in [-0.4, -0.2) is 28.6 Å². The van der Waals surface area contributed by atoms with E-state index in [2.05, 4.69) is 11.8 Å². The Morgan fingerprint density at radius 2 is 2.53 bits per heavy atom. The van der Waals surface area contributed by atoms with Gasteiger partial charge in [0.25, 0.3) is 0 Å². The highest BCUT2D eigenvalue weighted by Gasteiger charge is 2.34. The van der Waals surface area contributed by atoms with Crippen molar-refractivity contribution in [3.05, 3.63) is 22.4 Å². The predicted molar refractivity (Wildman–Crippen MR) is 60.1 cm³/mol. The Kier molecular flexibility index (Phi) is 3.07. The second-order valence-corrected chi connectivity index (χ2v) is 4.96. The molecule has 1 aliphatic rings. The van der Waals surface area contributed by atoms with Gasteiger partial charge in [0.15, 0.2) is 0 Å². The molecule has 82 valence electrons. The van der Waals surface area contributed by atoms with Gasteiger partial charge in [0.05, 0.1) is 0 Å². The number of aliphatic carboxylic acids is 1. The van der Waals surface area contributed by atoms with Gasteiger partial charge in [0.1, 0.15) is 6.04 Å². The lowest BCUT2D eigenvalue weighted by Crippen LogP contribution is -2.35. The fourth-order valence-corrected chi connectivity index (χ4v) is 3.05. The Morgan fingerprint density at radius 1 is 1.73 bits per heavy atom. The molecule has 0 saturated carbocycles. The molecule has 0 radical (unpaired) electrons. The molecular weight excluding hydrogens is 210 g/mol. The molecule has 1 N–H and O–H groups in total. The van der Waals surface area contributed by atoms with Gasteiger partial charge in [-0.2, -0.15) is 0 Å². The third kappa shape index (κ3) is 2.06. The van der Waals surface area contributed by atoms with Crippen LogP contribution in [0.5, 0.6) is 0 Å². The van der Waals surface area contributed by atoms with Gasteiger partial charge in [-0.1, -0.05) is 6.07 Å². The summed E-state index contributed by atoms with van der Waals surface area (Å²) in [4.78, 5) is 14.3. The molecule has 1 aromatic heterocycles. The number of hydrogen-bond donors (Lipinski definition) is 1. The topological polar surface area (TPSA) is 40.5 Å². The van der Waals surface area contributed by atoms with Crippen LogP contribution in [0, 0.1) is 0 Å². The lowest BCUT2D eigenvalue weighted by Gasteiger charge is -2.27. The van der Waals surface area contributed by atoms with Crippen LogP contribution in [0.4, 0.5) is 0 Å². The summed E-state index contributed by atoms with van der Waals surface area (Å²) in [6, 6.07) is 3.77. The first kappa shape index (κ1) is 10.6. The maximum absolute atomic E-state index is 11.3. The van der Waals surface area contributed by atoms with Crippen LogP contribution in [0.2, 0.25) is 0 Å². The van der Waals surface area contributed by atoms with Gasteiger partial charge >= 0.3 is 5.97 Å². The largest absolute Gasteiger partial charge is 0.480 e. The van der Waals surface area contributed by atoms with Crippen LogP contribution < -0.4 is 0 Å². The SMILES string of the molecule is C[C@H]1CCCN1[C@H](C(=O)O)c1cccs1. The molecule has 1 saturated heterocycles. The van der Waals surface area contributed by atoms with Crippen molar-refractivity contribution >= 4 is 17.3 Å². The summed E-state index contributed by atoms with van der Waals surface area (Å²) in [5.74, 6) is -0.730. The number of thiophene rings is 1. The van der Waals surface area contributed by atoms with Crippen LogP contribution in [-0.2, 0) is 4.79 Å². The summed E-state index contributed by atoms with van der Waals surface area (Å²) >= 11 is 1.53. The zero-order valence-corrected chi connectivity index (χ0v) is 9.54. The van der Waals surface area contributed by atoms with Gasteiger partial charge in [0.2, 0.25) is 0 Å². The van der Waals surface area contributed by atoms with E-state index in [0.29, 0.717) is 6.04 Å². The van der Waals surface area contributed by atoms with Crippen molar-refractivity contribution in [2.45, 2.75) is 31.8 Å². The smallest absolute Gasteiger partial charge is 0.326 e. The van der Waals surface area contributed by atoms with E-state index in [1.165, 1.54) is 11.3 Å². The van der Waals surface area contributed by atoms with Crippen molar-refractivity contribution in [3.8, 4) is 0 Å². The van der Waals surface area contributed by atoms with Gasteiger partial charge in [0, 0.05) is 10.9 Å². The van der Waals surface area contributed by atoms with E-state index in [4.69, 9.17) is 0 Å². The summed E-state index contributed by atoms with van der Waals surface area (Å²) in [6.07, 6.45) is 2.21. The fraction of sp³-hybridized carbons (Fsp3) is 0.545. The number of carboxylic acids is 1. The highest BCUT2D eigenvalue weighted by atomic mass is 32.1. The Balaban J connectivity index is 2.24. The molecule has 0 amide bonds. The van der Waals surface area contributed by atoms with Crippen molar-refractivity contribution in [2.75, 3.05) is 6.54 Å². The molecule has 0 bridgehead atoms. The Labute approximate surface area is 93.3 Å². The molecule has 4 heteroatoms. The fourth-order valence-electron chi connectivity index (χ4n) is 2.21. The molecule has 2 rings (SSSR count). The average molecular weight is 225 g/mol. The average Bonchev–Trinajstić information content (AvgIpc) is 2.79. The van der Waals surface area contributed by atoms with Crippen LogP contribution >= 0.6 is 11.3 Å². The molecule has 0 aliphatic carbocycles. The summed E-state index contributed by atoms with van der Waals surface area (Å²) in [7, 11) is 0. The maximum atomic E-state index is 11.3. The zero-order chi connectivity index (χ0) is 10.8. The Morgan fingerprint density at radius 3 is 3.00 bits per heavy atom. The number of nitrogens with zero attached hydrogens (tertiary/aromatic N) is 1. The van der Waals surface area contributed by atoms with Gasteiger partial charge in [-0.05, 0) is 37.8 Å². The molecule has 2 heterocycles. The second kappa shape index (κ2) is 4.33. The van der Waals surface area contributed by atoms with E-state index in [-0.39, 0.29) is 0 Å². The third-order valence-electron chi connectivity index (χ3n) is 2.98. The van der Waals surface area contributed by atoms with Gasteiger partial charge in [-0.15, -0.1) is 11.3 Å². The van der Waals surface area contributed by atoms with Crippen molar-refractivity contribution in [3.63, 3.8) is 0 Å². The minimum Gasteiger partial charge on any atom is -0.480 e. The summed E-state index contributed by atoms with van der Waals surface area (Å²) in [5, 5.41) is 11.2. The van der Waals surface area contributed by atoms with Crippen molar-refractivity contribution < 1.29 is 9.90 Å². The van der Waals surface area contributed by atoms with Crippen molar-refractivity contribution in [2.24, 2.45) is 0 Å². The lowest BCUT2D eigenvalue weighted by molar-refractivity contribution is -0.143. The third-order valence-corrected chi connectivity index (χ3v) is 3.91. The van der Waals surface area contributed by atoms with E-state index >= 15 is 0 Å². The number of carbonyl (C=O) groups is 1. The highest BCUT2D eigenvalue weighted by Crippen LogP contribution is 2.31.